The number of benzene rings is 1. The summed E-state index contributed by atoms with van der Waals surface area (Å²) in [5.74, 6) is 0.706. The van der Waals surface area contributed by atoms with Gasteiger partial charge in [0.2, 0.25) is 0 Å². The van der Waals surface area contributed by atoms with Gasteiger partial charge in [0.25, 0.3) is 0 Å². The average Bonchev–Trinajstić information content (AvgIpc) is 2.58. The Bertz CT molecular complexity index is 331. The molecule has 1 nitrogen and oxygen atoms in total. The molecule has 2 atom stereocenters. The maximum Gasteiger partial charge on any atom is 0.0721 e. The summed E-state index contributed by atoms with van der Waals surface area (Å²) < 4.78 is 0. The van der Waals surface area contributed by atoms with Crippen molar-refractivity contribution in [3.63, 3.8) is 0 Å². The third-order valence-corrected chi connectivity index (χ3v) is 3.78. The Morgan fingerprint density at radius 2 is 1.87 bits per heavy atom. The summed E-state index contributed by atoms with van der Waals surface area (Å²) in [7, 11) is 0. The number of hydrogen-bond acceptors (Lipinski definition) is 1. The second kappa shape index (κ2) is 4.63. The SMILES string of the molecule is CC1CCCC1Nc1c(Cl)cccc1Cl. The number of para-hydroxylation sites is 1. The zero-order valence-electron chi connectivity index (χ0n) is 8.76. The molecule has 1 N–H and O–H groups in total. The minimum absolute atomic E-state index is 0.516. The number of halogens is 2. The lowest BCUT2D eigenvalue weighted by Gasteiger charge is -2.20. The highest BCUT2D eigenvalue weighted by molar-refractivity contribution is 6.39. The van der Waals surface area contributed by atoms with Crippen molar-refractivity contribution in [2.75, 3.05) is 5.32 Å². The molecule has 2 unspecified atom stereocenters. The maximum atomic E-state index is 6.11. The van der Waals surface area contributed by atoms with E-state index >= 15 is 0 Å². The standard InChI is InChI=1S/C12H15Cl2N/c1-8-4-2-7-11(8)15-12-9(13)5-3-6-10(12)14/h3,5-6,8,11,15H,2,4,7H2,1H3. The molecule has 0 saturated heterocycles. The number of hydrogen-bond donors (Lipinski definition) is 1. The van der Waals surface area contributed by atoms with Gasteiger partial charge in [0, 0.05) is 6.04 Å². The van der Waals surface area contributed by atoms with Crippen LogP contribution in [-0.4, -0.2) is 6.04 Å². The first-order valence-electron chi connectivity index (χ1n) is 5.39. The quantitative estimate of drug-likeness (QED) is 0.801. The van der Waals surface area contributed by atoms with E-state index in [-0.39, 0.29) is 0 Å². The molecule has 3 heteroatoms. The van der Waals surface area contributed by atoms with Crippen molar-refractivity contribution in [2.45, 2.75) is 32.2 Å². The normalized spacial score (nSPS) is 25.5. The Morgan fingerprint density at radius 1 is 1.20 bits per heavy atom. The van der Waals surface area contributed by atoms with Gasteiger partial charge < -0.3 is 5.32 Å². The molecule has 1 saturated carbocycles. The van der Waals surface area contributed by atoms with Gasteiger partial charge >= 0.3 is 0 Å². The zero-order chi connectivity index (χ0) is 10.8. The Hall–Kier alpha value is -0.400. The van der Waals surface area contributed by atoms with Crippen LogP contribution >= 0.6 is 23.2 Å². The number of rotatable bonds is 2. The molecule has 2 rings (SSSR count). The minimum Gasteiger partial charge on any atom is -0.380 e. The first-order chi connectivity index (χ1) is 7.18. The van der Waals surface area contributed by atoms with E-state index in [1.54, 1.807) is 0 Å². The topological polar surface area (TPSA) is 12.0 Å². The molecule has 1 aliphatic rings. The molecule has 0 heterocycles. The summed E-state index contributed by atoms with van der Waals surface area (Å²) in [6, 6.07) is 6.13. The van der Waals surface area contributed by atoms with Crippen molar-refractivity contribution >= 4 is 28.9 Å². The van der Waals surface area contributed by atoms with Crippen molar-refractivity contribution in [1.29, 1.82) is 0 Å². The molecule has 0 amide bonds. The van der Waals surface area contributed by atoms with Crippen LogP contribution in [0, 0.1) is 5.92 Å². The van der Waals surface area contributed by atoms with E-state index in [0.717, 1.165) is 5.69 Å². The summed E-state index contributed by atoms with van der Waals surface area (Å²) in [5.41, 5.74) is 0.889. The molecule has 0 spiro atoms. The fraction of sp³-hybridized carbons (Fsp3) is 0.500. The smallest absolute Gasteiger partial charge is 0.0721 e. The van der Waals surface area contributed by atoms with E-state index in [1.807, 2.05) is 18.2 Å². The van der Waals surface area contributed by atoms with Gasteiger partial charge in [-0.15, -0.1) is 0 Å². The van der Waals surface area contributed by atoms with Crippen LogP contribution in [-0.2, 0) is 0 Å². The van der Waals surface area contributed by atoms with Crippen LogP contribution in [0.5, 0.6) is 0 Å². The molecule has 1 fully saturated rings. The van der Waals surface area contributed by atoms with Crippen LogP contribution < -0.4 is 5.32 Å². The van der Waals surface area contributed by atoms with Gasteiger partial charge in [-0.1, -0.05) is 42.6 Å². The van der Waals surface area contributed by atoms with Gasteiger partial charge in [0.1, 0.15) is 0 Å². The first kappa shape index (κ1) is 11.1. The Labute approximate surface area is 101 Å². The molecule has 15 heavy (non-hydrogen) atoms. The fourth-order valence-corrected chi connectivity index (χ4v) is 2.69. The molecule has 0 aliphatic heterocycles. The third-order valence-electron chi connectivity index (χ3n) is 3.15. The monoisotopic (exact) mass is 243 g/mol. The third kappa shape index (κ3) is 2.40. The van der Waals surface area contributed by atoms with E-state index in [0.29, 0.717) is 22.0 Å². The summed E-state index contributed by atoms with van der Waals surface area (Å²) in [6.07, 6.45) is 3.80. The lowest BCUT2D eigenvalue weighted by Crippen LogP contribution is -2.22. The van der Waals surface area contributed by atoms with Crippen LogP contribution in [0.4, 0.5) is 5.69 Å². The fourth-order valence-electron chi connectivity index (χ4n) is 2.18. The molecular weight excluding hydrogens is 229 g/mol. The highest BCUT2D eigenvalue weighted by atomic mass is 35.5. The molecule has 0 bridgehead atoms. The average molecular weight is 244 g/mol. The second-order valence-electron chi connectivity index (χ2n) is 4.26. The maximum absolute atomic E-state index is 6.11. The number of anilines is 1. The molecule has 0 aromatic heterocycles. The van der Waals surface area contributed by atoms with Crippen LogP contribution in [0.25, 0.3) is 0 Å². The minimum atomic E-state index is 0.516. The molecule has 1 aromatic carbocycles. The van der Waals surface area contributed by atoms with Crippen LogP contribution in [0.3, 0.4) is 0 Å². The van der Waals surface area contributed by atoms with Gasteiger partial charge in [-0.05, 0) is 30.9 Å². The van der Waals surface area contributed by atoms with E-state index < -0.39 is 0 Å². The summed E-state index contributed by atoms with van der Waals surface area (Å²) in [4.78, 5) is 0. The number of nitrogens with one attached hydrogen (secondary N) is 1. The van der Waals surface area contributed by atoms with Crippen molar-refractivity contribution in [3.05, 3.63) is 28.2 Å². The van der Waals surface area contributed by atoms with Crippen molar-refractivity contribution < 1.29 is 0 Å². The van der Waals surface area contributed by atoms with Crippen LogP contribution in [0.1, 0.15) is 26.2 Å². The second-order valence-corrected chi connectivity index (χ2v) is 5.07. The van der Waals surface area contributed by atoms with Gasteiger partial charge in [0.05, 0.1) is 15.7 Å². The van der Waals surface area contributed by atoms with Gasteiger partial charge in [0.15, 0.2) is 0 Å². The van der Waals surface area contributed by atoms with Gasteiger partial charge in [-0.25, -0.2) is 0 Å². The Kier molecular flexibility index (Phi) is 3.42. The molecular formula is C12H15Cl2N. The van der Waals surface area contributed by atoms with E-state index in [9.17, 15) is 0 Å². The zero-order valence-corrected chi connectivity index (χ0v) is 10.3. The summed E-state index contributed by atoms with van der Waals surface area (Å²) in [6.45, 7) is 2.27. The van der Waals surface area contributed by atoms with Crippen molar-refractivity contribution in [1.82, 2.24) is 0 Å². The summed E-state index contributed by atoms with van der Waals surface area (Å²) in [5, 5.41) is 4.88. The van der Waals surface area contributed by atoms with Gasteiger partial charge in [-0.3, -0.25) is 0 Å². The predicted molar refractivity (Wildman–Crippen MR) is 66.9 cm³/mol. The van der Waals surface area contributed by atoms with Crippen LogP contribution in [0.2, 0.25) is 10.0 Å². The molecule has 1 aromatic rings. The van der Waals surface area contributed by atoms with Crippen molar-refractivity contribution in [2.24, 2.45) is 5.92 Å². The highest BCUT2D eigenvalue weighted by Gasteiger charge is 2.24. The Morgan fingerprint density at radius 3 is 2.40 bits per heavy atom. The summed E-state index contributed by atoms with van der Waals surface area (Å²) >= 11 is 12.2. The van der Waals surface area contributed by atoms with Crippen molar-refractivity contribution in [3.8, 4) is 0 Å². The molecule has 82 valence electrons. The van der Waals surface area contributed by atoms with E-state index in [2.05, 4.69) is 12.2 Å². The lowest BCUT2D eigenvalue weighted by atomic mass is 10.1. The lowest BCUT2D eigenvalue weighted by molar-refractivity contribution is 0.556. The Balaban J connectivity index is 2.16. The molecule has 1 aliphatic carbocycles. The molecule has 0 radical (unpaired) electrons. The van der Waals surface area contributed by atoms with E-state index in [1.165, 1.54) is 19.3 Å². The highest BCUT2D eigenvalue weighted by Crippen LogP contribution is 2.34. The largest absolute Gasteiger partial charge is 0.380 e. The first-order valence-corrected chi connectivity index (χ1v) is 6.14. The van der Waals surface area contributed by atoms with E-state index in [4.69, 9.17) is 23.2 Å². The predicted octanol–water partition coefficient (Wildman–Crippen LogP) is 4.59. The van der Waals surface area contributed by atoms with Gasteiger partial charge in [-0.2, -0.15) is 0 Å². The van der Waals surface area contributed by atoms with Crippen LogP contribution in [0.15, 0.2) is 18.2 Å².